The molecule has 0 saturated heterocycles. The summed E-state index contributed by atoms with van der Waals surface area (Å²) in [5.41, 5.74) is 0. The van der Waals surface area contributed by atoms with E-state index in [0.29, 0.717) is 0 Å². The molecule has 0 aliphatic heterocycles. The van der Waals surface area contributed by atoms with Gasteiger partial charge in [-0.1, -0.05) is 0 Å². The van der Waals surface area contributed by atoms with Crippen LogP contribution in [0.15, 0.2) is 36.7 Å². The van der Waals surface area contributed by atoms with Crippen molar-refractivity contribution in [1.82, 2.24) is 9.13 Å². The summed E-state index contributed by atoms with van der Waals surface area (Å²) in [4.78, 5) is 0. The second kappa shape index (κ2) is 3.90. The van der Waals surface area contributed by atoms with Crippen LogP contribution in [0.1, 0.15) is 0 Å². The van der Waals surface area contributed by atoms with E-state index in [1.54, 1.807) is 6.80 Å². The molecule has 3 heteroatoms. The molecule has 0 bridgehead atoms. The molecule has 2 aromatic rings. The molecule has 0 aliphatic rings. The van der Waals surface area contributed by atoms with E-state index in [9.17, 15) is 0 Å². The first-order valence-corrected chi connectivity index (χ1v) is 11.6. The monoisotopic (exact) mass is 384 g/mol. The van der Waals surface area contributed by atoms with Gasteiger partial charge in [0.2, 0.25) is 0 Å². The Balaban J connectivity index is 2.38. The number of aryl methyl sites for hydroxylation is 2. The van der Waals surface area contributed by atoms with Crippen LogP contribution < -0.4 is 6.80 Å². The van der Waals surface area contributed by atoms with Gasteiger partial charge in [0.05, 0.1) is 0 Å². The second-order valence-electron chi connectivity index (χ2n) is 3.51. The third kappa shape index (κ3) is 1.66. The summed E-state index contributed by atoms with van der Waals surface area (Å²) in [6, 6.07) is 8.82. The first-order chi connectivity index (χ1) is 6.70. The molecule has 2 rings (SSSR count). The second-order valence-corrected chi connectivity index (χ2v) is 11.4. The van der Waals surface area contributed by atoms with Crippen molar-refractivity contribution >= 4 is 28.6 Å². The molecule has 0 amide bonds. The summed E-state index contributed by atoms with van der Waals surface area (Å²) in [6.45, 7) is 0. The van der Waals surface area contributed by atoms with Crippen LogP contribution in [0.5, 0.6) is 0 Å². The zero-order chi connectivity index (χ0) is 10.1. The van der Waals surface area contributed by atoms with E-state index < -0.39 is 21.8 Å². The molecule has 0 fully saturated rings. The Bertz CT molecular complexity index is 388. The summed E-state index contributed by atoms with van der Waals surface area (Å²) in [5.74, 6) is 0. The van der Waals surface area contributed by atoms with Crippen LogP contribution in [0.25, 0.3) is 0 Å². The fourth-order valence-electron chi connectivity index (χ4n) is 1.72. The fourth-order valence-corrected chi connectivity index (χ4v) is 9.24. The van der Waals surface area contributed by atoms with E-state index in [1.807, 2.05) is 0 Å². The normalized spacial score (nSPS) is 11.1. The Kier molecular flexibility index (Phi) is 2.78. The third-order valence-corrected chi connectivity index (χ3v) is 11.5. The van der Waals surface area contributed by atoms with Gasteiger partial charge in [0.1, 0.15) is 0 Å². The minimum absolute atomic E-state index is 1.56. The molecule has 2 heterocycles. The molecule has 2 aromatic heterocycles. The number of hydrogen-bond acceptors (Lipinski definition) is 0. The summed E-state index contributed by atoms with van der Waals surface area (Å²) in [6.07, 6.45) is 4.29. The van der Waals surface area contributed by atoms with Gasteiger partial charge in [-0.2, -0.15) is 0 Å². The van der Waals surface area contributed by atoms with E-state index in [4.69, 9.17) is 0 Å². The van der Waals surface area contributed by atoms with Gasteiger partial charge in [0.15, 0.2) is 0 Å². The Hall–Kier alpha value is -0.557. The number of nitrogens with zero attached hydrogens (tertiary/aromatic N) is 2. The third-order valence-electron chi connectivity index (χ3n) is 2.52. The molecule has 0 aliphatic carbocycles. The van der Waals surface area contributed by atoms with Crippen molar-refractivity contribution in [2.75, 3.05) is 0 Å². The van der Waals surface area contributed by atoms with Crippen LogP contribution in [-0.4, -0.2) is 30.9 Å². The summed E-state index contributed by atoms with van der Waals surface area (Å²) in [5, 5.41) is 0. The molecule has 0 unspecified atom stereocenters. The summed E-state index contributed by atoms with van der Waals surface area (Å²) >= 11 is -1.64. The Labute approximate surface area is 92.8 Å². The molecule has 0 atom stereocenters. The zero-order valence-corrected chi connectivity index (χ0v) is 12.3. The van der Waals surface area contributed by atoms with Crippen molar-refractivity contribution in [1.29, 1.82) is 0 Å². The van der Waals surface area contributed by atoms with Crippen molar-refractivity contribution in [3.05, 3.63) is 36.7 Å². The predicted molar refractivity (Wildman–Crippen MR) is 61.7 cm³/mol. The first-order valence-electron chi connectivity index (χ1n) is 4.66. The van der Waals surface area contributed by atoms with Gasteiger partial charge in [0, 0.05) is 0 Å². The van der Waals surface area contributed by atoms with Crippen LogP contribution in [0, 0.1) is 0 Å². The Morgan fingerprint density at radius 1 is 0.929 bits per heavy atom. The topological polar surface area (TPSA) is 9.86 Å². The van der Waals surface area contributed by atoms with Crippen molar-refractivity contribution in [2.24, 2.45) is 14.1 Å². The molecular formula is C11H15BiN2. The van der Waals surface area contributed by atoms with Crippen molar-refractivity contribution in [3.8, 4) is 0 Å². The van der Waals surface area contributed by atoms with Gasteiger partial charge in [-0.3, -0.25) is 0 Å². The maximum absolute atomic E-state index is 2.44. The van der Waals surface area contributed by atoms with Gasteiger partial charge in [-0.05, 0) is 0 Å². The van der Waals surface area contributed by atoms with E-state index >= 15 is 0 Å². The minimum atomic E-state index is -1.64. The van der Waals surface area contributed by atoms with Gasteiger partial charge < -0.3 is 0 Å². The van der Waals surface area contributed by atoms with E-state index in [2.05, 4.69) is 64.5 Å². The standard InChI is InChI=1S/2C5H6N.CH3.Bi/c2*1-6-4-2-3-5-6;;/h2*2-4H,1H3;1H3;. The number of hydrogen-bond donors (Lipinski definition) is 0. The molecule has 0 radical (unpaired) electrons. The molecule has 0 spiro atoms. The van der Waals surface area contributed by atoms with Crippen molar-refractivity contribution in [2.45, 2.75) is 4.63 Å². The molecule has 0 N–H and O–H groups in total. The van der Waals surface area contributed by atoms with Gasteiger partial charge >= 0.3 is 93.1 Å². The van der Waals surface area contributed by atoms with E-state index in [1.165, 1.54) is 0 Å². The average molecular weight is 384 g/mol. The summed E-state index contributed by atoms with van der Waals surface area (Å²) < 4.78 is 10.1. The number of aromatic nitrogens is 2. The Morgan fingerprint density at radius 3 is 1.64 bits per heavy atom. The van der Waals surface area contributed by atoms with Crippen molar-refractivity contribution in [3.63, 3.8) is 0 Å². The van der Waals surface area contributed by atoms with E-state index in [-0.39, 0.29) is 0 Å². The number of rotatable bonds is 2. The average Bonchev–Trinajstić information content (AvgIpc) is 2.73. The Morgan fingerprint density at radius 2 is 1.36 bits per heavy atom. The zero-order valence-electron chi connectivity index (χ0n) is 8.81. The molecule has 14 heavy (non-hydrogen) atoms. The van der Waals surface area contributed by atoms with Crippen molar-refractivity contribution < 1.29 is 0 Å². The SMILES string of the molecule is Cn1ccc[c]1[Bi]([CH3])[c]1cccn1C. The quantitative estimate of drug-likeness (QED) is 0.672. The maximum atomic E-state index is 2.44. The molecule has 74 valence electrons. The summed E-state index contributed by atoms with van der Waals surface area (Å²) in [7, 11) is 4.29. The molecule has 0 aromatic carbocycles. The van der Waals surface area contributed by atoms with Crippen LogP contribution in [0.2, 0.25) is 4.63 Å². The van der Waals surface area contributed by atoms with Gasteiger partial charge in [-0.25, -0.2) is 0 Å². The predicted octanol–water partition coefficient (Wildman–Crippen LogP) is 0.602. The van der Waals surface area contributed by atoms with Crippen LogP contribution in [0.3, 0.4) is 0 Å². The first kappa shape index (κ1) is 9.98. The van der Waals surface area contributed by atoms with Crippen LogP contribution in [-0.2, 0) is 14.1 Å². The molecule has 2 nitrogen and oxygen atoms in total. The molecular weight excluding hydrogens is 369 g/mol. The van der Waals surface area contributed by atoms with Gasteiger partial charge in [0.25, 0.3) is 0 Å². The van der Waals surface area contributed by atoms with E-state index in [0.717, 1.165) is 0 Å². The molecule has 0 saturated carbocycles. The van der Waals surface area contributed by atoms with Crippen LogP contribution >= 0.6 is 0 Å². The van der Waals surface area contributed by atoms with Gasteiger partial charge in [-0.15, -0.1) is 0 Å². The fraction of sp³-hybridized carbons (Fsp3) is 0.273. The van der Waals surface area contributed by atoms with Crippen LogP contribution in [0.4, 0.5) is 0 Å².